The maximum Gasteiger partial charge on any atom is 0.173 e. The molecular formula is C12H12BrNO2. The van der Waals surface area contributed by atoms with E-state index in [1.165, 1.54) is 0 Å². The fourth-order valence-corrected chi connectivity index (χ4v) is 3.62. The van der Waals surface area contributed by atoms with E-state index in [1.54, 1.807) is 0 Å². The van der Waals surface area contributed by atoms with Gasteiger partial charge in [0.1, 0.15) is 6.10 Å². The number of halogens is 1. The Morgan fingerprint density at radius 1 is 1.50 bits per heavy atom. The topological polar surface area (TPSA) is 49.3 Å². The molecule has 3 nitrogen and oxygen atoms in total. The Hall–Kier alpha value is -0.870. The van der Waals surface area contributed by atoms with Crippen molar-refractivity contribution in [2.45, 2.75) is 24.4 Å². The number of fused-ring (bicyclic) bond motifs is 2. The van der Waals surface area contributed by atoms with Crippen LogP contribution in [0.2, 0.25) is 0 Å². The third-order valence-electron chi connectivity index (χ3n) is 3.69. The number of aliphatic hydroxyl groups excluding tert-OH is 1. The first-order valence-electron chi connectivity index (χ1n) is 5.40. The monoisotopic (exact) mass is 281 g/mol. The lowest BCUT2D eigenvalue weighted by molar-refractivity contribution is -0.128. The molecule has 1 aliphatic carbocycles. The van der Waals surface area contributed by atoms with Crippen LogP contribution in [-0.2, 0) is 10.2 Å². The van der Waals surface area contributed by atoms with E-state index in [-0.39, 0.29) is 5.78 Å². The molecule has 2 N–H and O–H groups in total. The third kappa shape index (κ3) is 1.14. The quantitative estimate of drug-likeness (QED) is 0.763. The number of carbonyl (C=O) groups excluding carboxylic acids is 1. The summed E-state index contributed by atoms with van der Waals surface area (Å²) < 4.78 is 0.956. The number of carbonyl (C=O) groups is 1. The van der Waals surface area contributed by atoms with Crippen LogP contribution in [0.15, 0.2) is 22.7 Å². The molecule has 2 atom stereocenters. The normalized spacial score (nSPS) is 31.9. The zero-order chi connectivity index (χ0) is 11.3. The molecule has 0 amide bonds. The van der Waals surface area contributed by atoms with Crippen LogP contribution in [-0.4, -0.2) is 23.5 Å². The highest BCUT2D eigenvalue weighted by molar-refractivity contribution is 9.10. The molecule has 1 aromatic carbocycles. The number of hydrogen-bond acceptors (Lipinski definition) is 3. The third-order valence-corrected chi connectivity index (χ3v) is 4.35. The second kappa shape index (κ2) is 3.31. The van der Waals surface area contributed by atoms with Gasteiger partial charge in [0.25, 0.3) is 0 Å². The number of nitrogens with one attached hydrogen (secondary N) is 1. The lowest BCUT2D eigenvalue weighted by Gasteiger charge is -2.22. The Morgan fingerprint density at radius 3 is 3.00 bits per heavy atom. The summed E-state index contributed by atoms with van der Waals surface area (Å²) in [6.07, 6.45) is 0.511. The van der Waals surface area contributed by atoms with E-state index in [1.807, 2.05) is 18.2 Å². The van der Waals surface area contributed by atoms with Gasteiger partial charge >= 0.3 is 0 Å². The van der Waals surface area contributed by atoms with Crippen molar-refractivity contribution in [1.29, 1.82) is 0 Å². The Balaban J connectivity index is 2.19. The Morgan fingerprint density at radius 2 is 2.31 bits per heavy atom. The van der Waals surface area contributed by atoms with Gasteiger partial charge in [0.05, 0.1) is 5.41 Å². The molecule has 0 saturated heterocycles. The van der Waals surface area contributed by atoms with E-state index in [2.05, 4.69) is 21.2 Å². The van der Waals surface area contributed by atoms with Crippen LogP contribution in [0.3, 0.4) is 0 Å². The molecule has 4 heteroatoms. The summed E-state index contributed by atoms with van der Waals surface area (Å²) in [4.78, 5) is 12.1. The van der Waals surface area contributed by atoms with Gasteiger partial charge in [-0.05, 0) is 25.0 Å². The fourth-order valence-electron chi connectivity index (χ4n) is 2.87. The van der Waals surface area contributed by atoms with Crippen LogP contribution in [0, 0.1) is 0 Å². The summed E-state index contributed by atoms with van der Waals surface area (Å²) in [5.41, 5.74) is 1.53. The Bertz CT molecular complexity index is 470. The van der Waals surface area contributed by atoms with E-state index in [0.717, 1.165) is 22.1 Å². The summed E-state index contributed by atoms with van der Waals surface area (Å²) in [6.45, 7) is 0.612. The molecule has 84 valence electrons. The van der Waals surface area contributed by atoms with Crippen LogP contribution < -0.4 is 5.32 Å². The van der Waals surface area contributed by atoms with Crippen LogP contribution in [0.4, 0.5) is 5.69 Å². The molecule has 1 saturated carbocycles. The zero-order valence-corrected chi connectivity index (χ0v) is 10.3. The SMILES string of the molecule is O=C1C(O)CCC12CNc1cccc(Br)c12. The van der Waals surface area contributed by atoms with E-state index in [9.17, 15) is 9.90 Å². The molecule has 0 aromatic heterocycles. The highest BCUT2D eigenvalue weighted by Crippen LogP contribution is 2.48. The van der Waals surface area contributed by atoms with Crippen LogP contribution in [0.5, 0.6) is 0 Å². The second-order valence-corrected chi connectivity index (χ2v) is 5.37. The van der Waals surface area contributed by atoms with Gasteiger partial charge in [0.2, 0.25) is 0 Å². The van der Waals surface area contributed by atoms with Gasteiger partial charge in [-0.2, -0.15) is 0 Å². The number of aliphatic hydroxyl groups is 1. The predicted octanol–water partition coefficient (Wildman–Crippen LogP) is 1.84. The Kier molecular flexibility index (Phi) is 2.13. The van der Waals surface area contributed by atoms with Crippen molar-refractivity contribution in [3.8, 4) is 0 Å². The minimum atomic E-state index is -0.792. The fraction of sp³-hybridized carbons (Fsp3) is 0.417. The summed E-state index contributed by atoms with van der Waals surface area (Å²) in [5.74, 6) is -0.0364. The van der Waals surface area contributed by atoms with Gasteiger partial charge in [-0.1, -0.05) is 22.0 Å². The first-order valence-corrected chi connectivity index (χ1v) is 6.20. The lowest BCUT2D eigenvalue weighted by atomic mass is 9.80. The van der Waals surface area contributed by atoms with Crippen molar-refractivity contribution in [3.63, 3.8) is 0 Å². The molecule has 2 unspecified atom stereocenters. The maximum absolute atomic E-state index is 12.1. The van der Waals surface area contributed by atoms with Crippen molar-refractivity contribution >= 4 is 27.4 Å². The van der Waals surface area contributed by atoms with Gasteiger partial charge in [-0.3, -0.25) is 4.79 Å². The number of ketones is 1. The first-order chi connectivity index (χ1) is 7.65. The van der Waals surface area contributed by atoms with Gasteiger partial charge in [-0.25, -0.2) is 0 Å². The van der Waals surface area contributed by atoms with Crippen LogP contribution in [0.1, 0.15) is 18.4 Å². The average molecular weight is 282 g/mol. The Labute approximate surface area is 102 Å². The molecule has 1 heterocycles. The van der Waals surface area contributed by atoms with E-state index < -0.39 is 11.5 Å². The second-order valence-electron chi connectivity index (χ2n) is 4.52. The highest BCUT2D eigenvalue weighted by Gasteiger charge is 2.52. The minimum Gasteiger partial charge on any atom is -0.385 e. The molecule has 1 aromatic rings. The molecule has 0 radical (unpaired) electrons. The molecule has 1 fully saturated rings. The predicted molar refractivity (Wildman–Crippen MR) is 64.6 cm³/mol. The van der Waals surface area contributed by atoms with Crippen molar-refractivity contribution in [2.75, 3.05) is 11.9 Å². The summed E-state index contributed by atoms with van der Waals surface area (Å²) in [5, 5.41) is 12.9. The molecule has 1 spiro atoms. The highest BCUT2D eigenvalue weighted by atomic mass is 79.9. The van der Waals surface area contributed by atoms with E-state index in [4.69, 9.17) is 0 Å². The molecule has 1 aliphatic heterocycles. The molecular weight excluding hydrogens is 270 g/mol. The number of Topliss-reactive ketones (excluding diaryl/α,β-unsaturated/α-hetero) is 1. The lowest BCUT2D eigenvalue weighted by Crippen LogP contribution is -2.37. The van der Waals surface area contributed by atoms with Crippen molar-refractivity contribution in [1.82, 2.24) is 0 Å². The number of hydrogen-bond donors (Lipinski definition) is 2. The van der Waals surface area contributed by atoms with E-state index in [0.29, 0.717) is 13.0 Å². The number of rotatable bonds is 0. The van der Waals surface area contributed by atoms with Crippen LogP contribution in [0.25, 0.3) is 0 Å². The van der Waals surface area contributed by atoms with Crippen molar-refractivity contribution < 1.29 is 9.90 Å². The largest absolute Gasteiger partial charge is 0.385 e. The first kappa shape index (κ1) is 10.3. The van der Waals surface area contributed by atoms with Gasteiger partial charge < -0.3 is 10.4 Å². The standard InChI is InChI=1S/C12H12BrNO2/c13-7-2-1-3-8-10(7)12(6-14-8)5-4-9(15)11(12)16/h1-3,9,14-15H,4-6H2. The molecule has 16 heavy (non-hydrogen) atoms. The van der Waals surface area contributed by atoms with Gasteiger partial charge in [-0.15, -0.1) is 0 Å². The van der Waals surface area contributed by atoms with E-state index >= 15 is 0 Å². The number of anilines is 1. The minimum absolute atomic E-state index is 0.0364. The van der Waals surface area contributed by atoms with Crippen molar-refractivity contribution in [2.24, 2.45) is 0 Å². The van der Waals surface area contributed by atoms with Crippen LogP contribution >= 0.6 is 15.9 Å². The van der Waals surface area contributed by atoms with Gasteiger partial charge in [0, 0.05) is 22.3 Å². The molecule has 3 rings (SSSR count). The molecule has 0 bridgehead atoms. The van der Waals surface area contributed by atoms with Crippen molar-refractivity contribution in [3.05, 3.63) is 28.2 Å². The van der Waals surface area contributed by atoms with Gasteiger partial charge in [0.15, 0.2) is 5.78 Å². The zero-order valence-electron chi connectivity index (χ0n) is 8.66. The molecule has 2 aliphatic rings. The summed E-state index contributed by atoms with van der Waals surface area (Å²) in [7, 11) is 0. The average Bonchev–Trinajstić information content (AvgIpc) is 2.78. The number of benzene rings is 1. The smallest absolute Gasteiger partial charge is 0.173 e. The summed E-state index contributed by atoms with van der Waals surface area (Å²) >= 11 is 3.51. The maximum atomic E-state index is 12.1. The summed E-state index contributed by atoms with van der Waals surface area (Å²) in [6, 6.07) is 5.88.